The first-order valence-electron chi connectivity index (χ1n) is 8.87. The van der Waals surface area contributed by atoms with Crippen LogP contribution < -0.4 is 10.1 Å². The summed E-state index contributed by atoms with van der Waals surface area (Å²) in [4.78, 5) is 14.5. The number of hydrogen-bond acceptors (Lipinski definition) is 4. The molecule has 2 unspecified atom stereocenters. The maximum atomic E-state index is 13.5. The number of rotatable bonds is 5. The summed E-state index contributed by atoms with van der Waals surface area (Å²) >= 11 is 0. The molecule has 138 valence electrons. The second-order valence-corrected chi connectivity index (χ2v) is 7.84. The summed E-state index contributed by atoms with van der Waals surface area (Å²) in [7, 11) is 2.11. The van der Waals surface area contributed by atoms with Gasteiger partial charge in [0, 0.05) is 18.0 Å². The lowest BCUT2D eigenvalue weighted by Crippen LogP contribution is -2.64. The van der Waals surface area contributed by atoms with Gasteiger partial charge in [0.1, 0.15) is 0 Å². The molecule has 5 nitrogen and oxygen atoms in total. The van der Waals surface area contributed by atoms with E-state index in [2.05, 4.69) is 31.1 Å². The van der Waals surface area contributed by atoms with Gasteiger partial charge in [0.15, 0.2) is 18.2 Å². The fraction of sp³-hybridized carbons (Fsp3) is 0.632. The Bertz CT molecular complexity index is 634. The van der Waals surface area contributed by atoms with Crippen molar-refractivity contribution >= 4 is 5.91 Å². The van der Waals surface area contributed by atoms with Crippen molar-refractivity contribution in [3.63, 3.8) is 0 Å². The summed E-state index contributed by atoms with van der Waals surface area (Å²) in [6.07, 6.45) is 0.930. The highest BCUT2D eigenvalue weighted by atomic mass is 19.1. The van der Waals surface area contributed by atoms with Crippen molar-refractivity contribution < 1.29 is 19.0 Å². The van der Waals surface area contributed by atoms with Gasteiger partial charge in [0.2, 0.25) is 0 Å². The molecule has 1 aromatic rings. The highest BCUT2D eigenvalue weighted by Crippen LogP contribution is 2.52. The summed E-state index contributed by atoms with van der Waals surface area (Å²) in [6, 6.07) is 6.15. The van der Waals surface area contributed by atoms with E-state index in [1.165, 1.54) is 12.1 Å². The zero-order chi connectivity index (χ0) is 18.2. The van der Waals surface area contributed by atoms with Gasteiger partial charge in [-0.15, -0.1) is 0 Å². The minimum Gasteiger partial charge on any atom is -0.481 e. The smallest absolute Gasteiger partial charge is 0.258 e. The molecule has 1 saturated heterocycles. The van der Waals surface area contributed by atoms with Gasteiger partial charge in [-0.1, -0.05) is 26.0 Å². The van der Waals surface area contributed by atoms with Crippen LogP contribution in [0.1, 0.15) is 26.7 Å². The number of nitrogens with zero attached hydrogens (tertiary/aromatic N) is 1. The number of carbonyl (C=O) groups excluding carboxylic acids is 1. The van der Waals surface area contributed by atoms with E-state index in [-0.39, 0.29) is 29.7 Å². The lowest BCUT2D eigenvalue weighted by molar-refractivity contribution is -0.124. The number of halogens is 1. The van der Waals surface area contributed by atoms with Gasteiger partial charge in [-0.2, -0.15) is 0 Å². The van der Waals surface area contributed by atoms with Crippen molar-refractivity contribution in [2.24, 2.45) is 11.3 Å². The topological polar surface area (TPSA) is 61.8 Å². The third-order valence-corrected chi connectivity index (χ3v) is 5.55. The van der Waals surface area contributed by atoms with E-state index >= 15 is 0 Å². The third kappa shape index (κ3) is 3.51. The molecule has 1 amide bonds. The van der Waals surface area contributed by atoms with E-state index in [0.29, 0.717) is 18.4 Å². The molecule has 1 aliphatic carbocycles. The Morgan fingerprint density at radius 1 is 1.44 bits per heavy atom. The summed E-state index contributed by atoms with van der Waals surface area (Å²) in [5, 5.41) is 13.3. The van der Waals surface area contributed by atoms with Crippen LogP contribution in [-0.4, -0.2) is 54.3 Å². The first-order valence-corrected chi connectivity index (χ1v) is 8.87. The number of para-hydroxylation sites is 1. The van der Waals surface area contributed by atoms with Gasteiger partial charge >= 0.3 is 0 Å². The van der Waals surface area contributed by atoms with E-state index in [4.69, 9.17) is 4.74 Å². The monoisotopic (exact) mass is 350 g/mol. The normalized spacial score (nSPS) is 32.0. The SMILES string of the molecule is CC(C)C1N(C)CC12C[C@@H](O)[C@H](NC(=O)COc1ccccc1F)C2. The number of benzene rings is 1. The van der Waals surface area contributed by atoms with Crippen molar-refractivity contribution in [1.82, 2.24) is 10.2 Å². The van der Waals surface area contributed by atoms with Crippen LogP contribution in [0.5, 0.6) is 5.75 Å². The Balaban J connectivity index is 1.55. The zero-order valence-electron chi connectivity index (χ0n) is 15.0. The van der Waals surface area contributed by atoms with Gasteiger partial charge in [0.05, 0.1) is 12.1 Å². The molecule has 0 radical (unpaired) electrons. The van der Waals surface area contributed by atoms with E-state index < -0.39 is 11.9 Å². The second-order valence-electron chi connectivity index (χ2n) is 7.84. The van der Waals surface area contributed by atoms with Crippen molar-refractivity contribution in [3.8, 4) is 5.75 Å². The van der Waals surface area contributed by atoms with Gasteiger partial charge in [0.25, 0.3) is 5.91 Å². The summed E-state index contributed by atoms with van der Waals surface area (Å²) < 4.78 is 18.8. The van der Waals surface area contributed by atoms with Crippen LogP contribution in [0.15, 0.2) is 24.3 Å². The molecule has 6 heteroatoms. The van der Waals surface area contributed by atoms with Gasteiger partial charge in [-0.3, -0.25) is 4.79 Å². The van der Waals surface area contributed by atoms with Crippen LogP contribution in [0.4, 0.5) is 4.39 Å². The number of carbonyl (C=O) groups is 1. The van der Waals surface area contributed by atoms with Crippen LogP contribution in [0, 0.1) is 17.2 Å². The predicted molar refractivity (Wildman–Crippen MR) is 92.8 cm³/mol. The minimum atomic E-state index is -0.549. The first-order chi connectivity index (χ1) is 11.8. The molecule has 1 aromatic carbocycles. The molecule has 25 heavy (non-hydrogen) atoms. The quantitative estimate of drug-likeness (QED) is 0.850. The van der Waals surface area contributed by atoms with E-state index in [9.17, 15) is 14.3 Å². The lowest BCUT2D eigenvalue weighted by Gasteiger charge is -2.57. The molecule has 4 atom stereocenters. The molecule has 3 rings (SSSR count). The van der Waals surface area contributed by atoms with Gasteiger partial charge in [-0.05, 0) is 37.9 Å². The first kappa shape index (κ1) is 18.1. The highest BCUT2D eigenvalue weighted by Gasteiger charge is 2.58. The Hall–Kier alpha value is -1.66. The molecule has 2 fully saturated rings. The van der Waals surface area contributed by atoms with Crippen molar-refractivity contribution in [3.05, 3.63) is 30.1 Å². The number of aliphatic hydroxyl groups is 1. The number of amides is 1. The number of likely N-dealkylation sites (tertiary alicyclic amines) is 1. The fourth-order valence-corrected chi connectivity index (χ4v) is 4.95. The van der Waals surface area contributed by atoms with Crippen molar-refractivity contribution in [1.29, 1.82) is 0 Å². The van der Waals surface area contributed by atoms with Crippen LogP contribution >= 0.6 is 0 Å². The van der Waals surface area contributed by atoms with E-state index in [0.717, 1.165) is 13.0 Å². The average Bonchev–Trinajstić information content (AvgIpc) is 2.83. The van der Waals surface area contributed by atoms with Crippen LogP contribution in [0.3, 0.4) is 0 Å². The maximum Gasteiger partial charge on any atom is 0.258 e. The molecule has 0 bridgehead atoms. The summed E-state index contributed by atoms with van der Waals surface area (Å²) in [5.74, 6) is -0.267. The maximum absolute atomic E-state index is 13.5. The molecule has 1 spiro atoms. The Kier molecular flexibility index (Phi) is 5.02. The van der Waals surface area contributed by atoms with Crippen molar-refractivity contribution in [2.45, 2.75) is 44.9 Å². The van der Waals surface area contributed by atoms with Crippen LogP contribution in [-0.2, 0) is 4.79 Å². The highest BCUT2D eigenvalue weighted by molar-refractivity contribution is 5.78. The third-order valence-electron chi connectivity index (χ3n) is 5.55. The van der Waals surface area contributed by atoms with E-state index in [1.807, 2.05) is 0 Å². The van der Waals surface area contributed by atoms with Crippen LogP contribution in [0.2, 0.25) is 0 Å². The molecular formula is C19H27FN2O3. The summed E-state index contributed by atoms with van der Waals surface area (Å²) in [5.41, 5.74) is 0.0761. The standard InChI is InChI=1S/C19H27FN2O3/c1-12(2)18-19(11-22(18)3)8-14(15(23)9-19)21-17(24)10-25-16-7-5-4-6-13(16)20/h4-7,12,14-15,18,23H,8-11H2,1-3H3,(H,21,24)/t14-,15-,18?,19?/m1/s1. The molecule has 1 saturated carbocycles. The van der Waals surface area contributed by atoms with Gasteiger partial charge < -0.3 is 20.1 Å². The molecule has 2 aliphatic rings. The predicted octanol–water partition coefficient (Wildman–Crippen LogP) is 1.80. The number of ether oxygens (including phenoxy) is 1. The lowest BCUT2D eigenvalue weighted by atomic mass is 9.66. The number of aliphatic hydroxyl groups excluding tert-OH is 1. The van der Waals surface area contributed by atoms with Crippen molar-refractivity contribution in [2.75, 3.05) is 20.2 Å². The Morgan fingerprint density at radius 3 is 2.80 bits per heavy atom. The molecule has 1 aliphatic heterocycles. The number of hydrogen-bond donors (Lipinski definition) is 2. The second kappa shape index (κ2) is 6.92. The zero-order valence-corrected chi connectivity index (χ0v) is 15.0. The average molecular weight is 350 g/mol. The molecule has 2 N–H and O–H groups in total. The molecular weight excluding hydrogens is 323 g/mol. The Morgan fingerprint density at radius 2 is 2.16 bits per heavy atom. The van der Waals surface area contributed by atoms with E-state index in [1.54, 1.807) is 12.1 Å². The van der Waals surface area contributed by atoms with Crippen LogP contribution in [0.25, 0.3) is 0 Å². The summed E-state index contributed by atoms with van der Waals surface area (Å²) in [6.45, 7) is 5.08. The number of nitrogens with one attached hydrogen (secondary N) is 1. The minimum absolute atomic E-state index is 0.0570. The largest absolute Gasteiger partial charge is 0.481 e. The molecule has 0 aromatic heterocycles. The Labute approximate surface area is 148 Å². The fourth-order valence-electron chi connectivity index (χ4n) is 4.95. The van der Waals surface area contributed by atoms with Gasteiger partial charge in [-0.25, -0.2) is 4.39 Å². The molecule has 1 heterocycles.